The average Bonchev–Trinajstić information content (AvgIpc) is 2.96. The number of benzene rings is 1. The van der Waals surface area contributed by atoms with Crippen LogP contribution in [0, 0.1) is 0 Å². The first kappa shape index (κ1) is 13.8. The Morgan fingerprint density at radius 2 is 2.19 bits per heavy atom. The van der Waals surface area contributed by atoms with Crippen molar-refractivity contribution in [2.45, 2.75) is 0 Å². The molecule has 0 bridgehead atoms. The Kier molecular flexibility index (Phi) is 4.32. The van der Waals surface area contributed by atoms with E-state index >= 15 is 0 Å². The Morgan fingerprint density at radius 3 is 3.05 bits per heavy atom. The molecule has 3 rings (SSSR count). The highest BCUT2D eigenvalue weighted by molar-refractivity contribution is 5.91. The van der Waals surface area contributed by atoms with Crippen LogP contribution in [0.25, 0.3) is 11.0 Å². The fourth-order valence-electron chi connectivity index (χ4n) is 2.45. The molecule has 1 aliphatic rings. The lowest BCUT2D eigenvalue weighted by atomic mass is 10.3. The maximum absolute atomic E-state index is 11.8. The Balaban J connectivity index is 1.44. The molecule has 7 heteroatoms. The molecule has 0 spiro atoms. The zero-order valence-corrected chi connectivity index (χ0v) is 11.9. The predicted octanol–water partition coefficient (Wildman–Crippen LogP) is 0.590. The van der Waals surface area contributed by atoms with Crippen molar-refractivity contribution in [1.29, 1.82) is 0 Å². The molecule has 21 heavy (non-hydrogen) atoms. The van der Waals surface area contributed by atoms with E-state index in [1.54, 1.807) is 6.33 Å². The number of aromatic nitrogens is 2. The molecule has 112 valence electrons. The molecule has 1 saturated heterocycles. The summed E-state index contributed by atoms with van der Waals surface area (Å²) in [6.45, 7) is 5.67. The van der Waals surface area contributed by atoms with E-state index in [1.165, 1.54) is 0 Å². The molecule has 4 N–H and O–H groups in total. The molecule has 1 aromatic carbocycles. The van der Waals surface area contributed by atoms with Crippen molar-refractivity contribution in [3.63, 3.8) is 0 Å². The summed E-state index contributed by atoms with van der Waals surface area (Å²) < 4.78 is 0. The van der Waals surface area contributed by atoms with Crippen LogP contribution in [0.4, 0.5) is 10.5 Å². The van der Waals surface area contributed by atoms with Gasteiger partial charge in [-0.15, -0.1) is 0 Å². The van der Waals surface area contributed by atoms with Gasteiger partial charge in [0, 0.05) is 45.0 Å². The summed E-state index contributed by atoms with van der Waals surface area (Å²) in [7, 11) is 0. The summed E-state index contributed by atoms with van der Waals surface area (Å²) in [4.78, 5) is 21.4. The minimum atomic E-state index is -0.177. The van der Waals surface area contributed by atoms with Gasteiger partial charge in [0.05, 0.1) is 17.4 Å². The second-order valence-electron chi connectivity index (χ2n) is 5.11. The normalized spacial score (nSPS) is 16.0. The van der Waals surface area contributed by atoms with E-state index in [0.717, 1.165) is 49.4 Å². The maximum Gasteiger partial charge on any atom is 0.319 e. The van der Waals surface area contributed by atoms with Gasteiger partial charge in [0.15, 0.2) is 0 Å². The Bertz CT molecular complexity index is 604. The van der Waals surface area contributed by atoms with Gasteiger partial charge in [0.1, 0.15) is 0 Å². The number of piperazine rings is 1. The minimum Gasteiger partial charge on any atom is -0.345 e. The van der Waals surface area contributed by atoms with Crippen LogP contribution >= 0.6 is 0 Å². The Labute approximate surface area is 123 Å². The lowest BCUT2D eigenvalue weighted by molar-refractivity contribution is 0.233. The van der Waals surface area contributed by atoms with E-state index in [1.807, 2.05) is 18.2 Å². The van der Waals surface area contributed by atoms with Crippen LogP contribution in [0.15, 0.2) is 24.5 Å². The third kappa shape index (κ3) is 3.71. The van der Waals surface area contributed by atoms with Crippen molar-refractivity contribution >= 4 is 22.8 Å². The number of anilines is 1. The van der Waals surface area contributed by atoms with E-state index < -0.39 is 0 Å². The number of urea groups is 1. The van der Waals surface area contributed by atoms with Crippen LogP contribution in [0.3, 0.4) is 0 Å². The quantitative estimate of drug-likeness (QED) is 0.663. The monoisotopic (exact) mass is 288 g/mol. The first-order valence-electron chi connectivity index (χ1n) is 7.22. The number of nitrogens with zero attached hydrogens (tertiary/aromatic N) is 2. The van der Waals surface area contributed by atoms with Gasteiger partial charge in [-0.3, -0.25) is 4.90 Å². The van der Waals surface area contributed by atoms with E-state index in [4.69, 9.17) is 0 Å². The van der Waals surface area contributed by atoms with E-state index in [-0.39, 0.29) is 6.03 Å². The molecule has 0 saturated carbocycles. The number of amides is 2. The zero-order chi connectivity index (χ0) is 14.5. The van der Waals surface area contributed by atoms with Crippen molar-refractivity contribution in [3.05, 3.63) is 24.5 Å². The predicted molar refractivity (Wildman–Crippen MR) is 82.4 cm³/mol. The van der Waals surface area contributed by atoms with Crippen molar-refractivity contribution < 1.29 is 4.79 Å². The minimum absolute atomic E-state index is 0.177. The summed E-state index contributed by atoms with van der Waals surface area (Å²) in [6.07, 6.45) is 1.64. The number of nitrogens with one attached hydrogen (secondary N) is 4. The van der Waals surface area contributed by atoms with Gasteiger partial charge in [-0.25, -0.2) is 9.78 Å². The molecular weight excluding hydrogens is 268 g/mol. The van der Waals surface area contributed by atoms with Crippen LogP contribution in [-0.2, 0) is 0 Å². The third-order valence-electron chi connectivity index (χ3n) is 3.60. The van der Waals surface area contributed by atoms with Gasteiger partial charge in [-0.1, -0.05) is 0 Å². The van der Waals surface area contributed by atoms with Crippen LogP contribution in [0.2, 0.25) is 0 Å². The highest BCUT2D eigenvalue weighted by Crippen LogP contribution is 2.15. The van der Waals surface area contributed by atoms with Crippen LogP contribution in [0.5, 0.6) is 0 Å². The summed E-state index contributed by atoms with van der Waals surface area (Å²) in [5.74, 6) is 0. The van der Waals surface area contributed by atoms with Crippen molar-refractivity contribution in [2.75, 3.05) is 44.6 Å². The molecule has 0 aliphatic carbocycles. The lowest BCUT2D eigenvalue weighted by Gasteiger charge is -2.27. The molecule has 1 aromatic heterocycles. The fourth-order valence-corrected chi connectivity index (χ4v) is 2.45. The van der Waals surface area contributed by atoms with Crippen LogP contribution < -0.4 is 16.0 Å². The molecule has 2 heterocycles. The largest absolute Gasteiger partial charge is 0.345 e. The molecule has 0 atom stereocenters. The standard InChI is InChI=1S/C14H20N6O/c21-14(16-5-8-20-6-3-15-4-7-20)19-11-1-2-12-13(9-11)18-10-17-12/h1-2,9-10,15H,3-8H2,(H,17,18)(H2,16,19,21). The summed E-state index contributed by atoms with van der Waals surface area (Å²) in [6, 6.07) is 5.42. The lowest BCUT2D eigenvalue weighted by Crippen LogP contribution is -2.46. The van der Waals surface area contributed by atoms with Gasteiger partial charge < -0.3 is 20.9 Å². The number of aromatic amines is 1. The second-order valence-corrected chi connectivity index (χ2v) is 5.11. The number of carbonyl (C=O) groups excluding carboxylic acids is 1. The smallest absolute Gasteiger partial charge is 0.319 e. The number of imidazole rings is 1. The molecular formula is C14H20N6O. The second kappa shape index (κ2) is 6.55. The zero-order valence-electron chi connectivity index (χ0n) is 11.9. The van der Waals surface area contributed by atoms with E-state index in [9.17, 15) is 4.79 Å². The van der Waals surface area contributed by atoms with E-state index in [0.29, 0.717) is 6.54 Å². The molecule has 0 radical (unpaired) electrons. The van der Waals surface area contributed by atoms with Crippen LogP contribution in [0.1, 0.15) is 0 Å². The molecule has 2 aromatic rings. The Morgan fingerprint density at radius 1 is 1.33 bits per heavy atom. The number of rotatable bonds is 4. The summed E-state index contributed by atoms with van der Waals surface area (Å²) >= 11 is 0. The number of H-pyrrole nitrogens is 1. The van der Waals surface area contributed by atoms with Gasteiger partial charge in [-0.2, -0.15) is 0 Å². The number of hydrogen-bond donors (Lipinski definition) is 4. The third-order valence-corrected chi connectivity index (χ3v) is 3.60. The van der Waals surface area contributed by atoms with Crippen molar-refractivity contribution in [3.8, 4) is 0 Å². The number of hydrogen-bond acceptors (Lipinski definition) is 4. The fraction of sp³-hybridized carbons (Fsp3) is 0.429. The van der Waals surface area contributed by atoms with Crippen molar-refractivity contribution in [1.82, 2.24) is 25.5 Å². The van der Waals surface area contributed by atoms with Gasteiger partial charge in [0.2, 0.25) is 0 Å². The number of carbonyl (C=O) groups is 1. The van der Waals surface area contributed by atoms with Gasteiger partial charge in [-0.05, 0) is 18.2 Å². The molecule has 2 amide bonds. The molecule has 7 nitrogen and oxygen atoms in total. The molecule has 1 aliphatic heterocycles. The Hall–Kier alpha value is -2.12. The average molecular weight is 288 g/mol. The first-order chi connectivity index (χ1) is 10.3. The van der Waals surface area contributed by atoms with Gasteiger partial charge in [0.25, 0.3) is 0 Å². The van der Waals surface area contributed by atoms with Crippen molar-refractivity contribution in [2.24, 2.45) is 0 Å². The first-order valence-corrected chi connectivity index (χ1v) is 7.22. The highest BCUT2D eigenvalue weighted by Gasteiger charge is 2.09. The van der Waals surface area contributed by atoms with Gasteiger partial charge >= 0.3 is 6.03 Å². The SMILES string of the molecule is O=C(NCCN1CCNCC1)Nc1ccc2nc[nH]c2c1. The highest BCUT2D eigenvalue weighted by atomic mass is 16.2. The van der Waals surface area contributed by atoms with E-state index in [2.05, 4.69) is 30.8 Å². The molecule has 1 fully saturated rings. The maximum atomic E-state index is 11.8. The summed E-state index contributed by atoms with van der Waals surface area (Å²) in [5, 5.41) is 9.02. The number of fused-ring (bicyclic) bond motifs is 1. The topological polar surface area (TPSA) is 85.1 Å². The molecule has 0 unspecified atom stereocenters. The summed E-state index contributed by atoms with van der Waals surface area (Å²) in [5.41, 5.74) is 2.56. The van der Waals surface area contributed by atoms with Crippen LogP contribution in [-0.4, -0.2) is 60.2 Å².